The number of aromatic nitrogens is 4. The van der Waals surface area contributed by atoms with Crippen LogP contribution in [0, 0.1) is 11.3 Å². The molecule has 0 amide bonds. The van der Waals surface area contributed by atoms with Crippen LogP contribution in [-0.2, 0) is 0 Å². The third-order valence-electron chi connectivity index (χ3n) is 9.60. The maximum atomic E-state index is 9.35. The second kappa shape index (κ2) is 10.6. The fraction of sp³-hybridized carbons (Fsp3) is 0. The molecule has 0 aliphatic heterocycles. The first-order valence-electron chi connectivity index (χ1n) is 16.3. The van der Waals surface area contributed by atoms with Crippen LogP contribution in [0.25, 0.3) is 94.7 Å². The molecule has 7 aromatic carbocycles. The van der Waals surface area contributed by atoms with Crippen LogP contribution in [-0.4, -0.2) is 19.5 Å². The van der Waals surface area contributed by atoms with E-state index in [2.05, 4.69) is 108 Å². The SMILES string of the molecule is N#Cc1ccc(-c2nc(-c3ccccc3)nc(-c3cccc(-n4c5ccccc5c5c6c(ccc54)-c4cccc5cccc-6c45)c3)n2)cc1. The van der Waals surface area contributed by atoms with E-state index in [0.717, 1.165) is 33.4 Å². The molecule has 1 aliphatic carbocycles. The van der Waals surface area contributed by atoms with Crippen LogP contribution in [0.3, 0.4) is 0 Å². The first-order valence-corrected chi connectivity index (χ1v) is 16.3. The van der Waals surface area contributed by atoms with Crippen molar-refractivity contribution in [2.24, 2.45) is 0 Å². The van der Waals surface area contributed by atoms with Gasteiger partial charge >= 0.3 is 0 Å². The smallest absolute Gasteiger partial charge is 0.164 e. The number of hydrogen-bond donors (Lipinski definition) is 0. The first kappa shape index (κ1) is 27.2. The summed E-state index contributed by atoms with van der Waals surface area (Å²) in [5.41, 5.74) is 11.7. The van der Waals surface area contributed by atoms with E-state index >= 15 is 0 Å². The van der Waals surface area contributed by atoms with Crippen molar-refractivity contribution in [2.45, 2.75) is 0 Å². The minimum Gasteiger partial charge on any atom is -0.309 e. The molecule has 2 heterocycles. The van der Waals surface area contributed by atoms with Crippen LogP contribution in [0.5, 0.6) is 0 Å². The van der Waals surface area contributed by atoms with E-state index in [1.54, 1.807) is 12.1 Å². The molecule has 0 radical (unpaired) electrons. The predicted octanol–water partition coefficient (Wildman–Crippen LogP) is 10.6. The number of rotatable bonds is 4. The van der Waals surface area contributed by atoms with Crippen LogP contribution < -0.4 is 0 Å². The Morgan fingerprint density at radius 3 is 1.90 bits per heavy atom. The second-order valence-electron chi connectivity index (χ2n) is 12.4. The number of fused-ring (bicyclic) bond motifs is 7. The Balaban J connectivity index is 1.19. The van der Waals surface area contributed by atoms with Gasteiger partial charge in [0, 0.05) is 38.7 Å². The zero-order chi connectivity index (χ0) is 32.5. The van der Waals surface area contributed by atoms with E-state index < -0.39 is 0 Å². The molecule has 0 fully saturated rings. The van der Waals surface area contributed by atoms with E-state index in [4.69, 9.17) is 15.0 Å². The molecule has 0 spiro atoms. The summed E-state index contributed by atoms with van der Waals surface area (Å²) in [7, 11) is 0. The highest BCUT2D eigenvalue weighted by atomic mass is 15.0. The highest BCUT2D eigenvalue weighted by molar-refractivity contribution is 6.26. The Morgan fingerprint density at radius 2 is 1.12 bits per heavy atom. The van der Waals surface area contributed by atoms with Gasteiger partial charge < -0.3 is 4.57 Å². The molecular weight excluding hydrogens is 599 g/mol. The van der Waals surface area contributed by atoms with Crippen LogP contribution in [0.4, 0.5) is 0 Å². The van der Waals surface area contributed by atoms with Crippen molar-refractivity contribution < 1.29 is 0 Å². The summed E-state index contributed by atoms with van der Waals surface area (Å²) in [6.45, 7) is 0. The van der Waals surface area contributed by atoms with Gasteiger partial charge in [0.15, 0.2) is 17.5 Å². The lowest BCUT2D eigenvalue weighted by atomic mass is 9.98. The van der Waals surface area contributed by atoms with Gasteiger partial charge in [-0.3, -0.25) is 0 Å². The van der Waals surface area contributed by atoms with Crippen molar-refractivity contribution >= 4 is 32.6 Å². The lowest BCUT2D eigenvalue weighted by Gasteiger charge is -2.12. The zero-order valence-electron chi connectivity index (χ0n) is 26.2. The Hall–Kier alpha value is -6.90. The highest BCUT2D eigenvalue weighted by Crippen LogP contribution is 2.52. The molecule has 0 unspecified atom stereocenters. The molecule has 2 aromatic heterocycles. The van der Waals surface area contributed by atoms with Gasteiger partial charge in [0.2, 0.25) is 0 Å². The van der Waals surface area contributed by atoms with E-state index in [1.165, 1.54) is 43.8 Å². The maximum Gasteiger partial charge on any atom is 0.164 e. The van der Waals surface area contributed by atoms with Crippen LogP contribution in [0.15, 0.2) is 152 Å². The quantitative estimate of drug-likeness (QED) is 0.196. The van der Waals surface area contributed by atoms with E-state index in [9.17, 15) is 5.26 Å². The molecule has 5 heteroatoms. The first-order chi connectivity index (χ1) is 24.2. The Kier molecular flexibility index (Phi) is 5.87. The van der Waals surface area contributed by atoms with Gasteiger partial charge in [-0.25, -0.2) is 15.0 Å². The van der Waals surface area contributed by atoms with Crippen LogP contribution >= 0.6 is 0 Å². The number of para-hydroxylation sites is 1. The number of nitrogens with zero attached hydrogens (tertiary/aromatic N) is 5. The molecule has 0 saturated heterocycles. The molecular formula is C44H25N5. The molecule has 0 atom stereocenters. The number of hydrogen-bond acceptors (Lipinski definition) is 4. The summed E-state index contributed by atoms with van der Waals surface area (Å²) < 4.78 is 2.36. The van der Waals surface area contributed by atoms with E-state index in [0.29, 0.717) is 23.0 Å². The topological polar surface area (TPSA) is 67.4 Å². The van der Waals surface area contributed by atoms with Crippen molar-refractivity contribution in [2.75, 3.05) is 0 Å². The zero-order valence-corrected chi connectivity index (χ0v) is 26.2. The summed E-state index contributed by atoms with van der Waals surface area (Å²) >= 11 is 0. The lowest BCUT2D eigenvalue weighted by Crippen LogP contribution is -2.01. The van der Waals surface area contributed by atoms with Gasteiger partial charge in [-0.15, -0.1) is 0 Å². The summed E-state index contributed by atoms with van der Waals surface area (Å²) in [4.78, 5) is 14.8. The van der Waals surface area contributed by atoms with E-state index in [1.807, 2.05) is 42.5 Å². The van der Waals surface area contributed by atoms with Gasteiger partial charge in [0.25, 0.3) is 0 Å². The standard InChI is InChI=1S/C44H25N5/c45-26-27-19-21-30(22-20-27)43-46-42(29-9-2-1-3-10-29)47-44(48-43)31-13-6-14-32(25-31)49-37-18-5-4-15-35(37)41-38(49)24-23-34-33-16-7-11-28-12-8-17-36(39(28)33)40(34)41/h1-25H. The van der Waals surface area contributed by atoms with E-state index in [-0.39, 0.29) is 0 Å². The van der Waals surface area contributed by atoms with Crippen molar-refractivity contribution in [3.8, 4) is 68.2 Å². The Labute approximate surface area is 282 Å². The second-order valence-corrected chi connectivity index (χ2v) is 12.4. The van der Waals surface area contributed by atoms with Crippen LogP contribution in [0.2, 0.25) is 0 Å². The monoisotopic (exact) mass is 623 g/mol. The molecule has 0 bridgehead atoms. The third-order valence-corrected chi connectivity index (χ3v) is 9.60. The largest absolute Gasteiger partial charge is 0.309 e. The van der Waals surface area contributed by atoms with Gasteiger partial charge in [-0.2, -0.15) is 5.26 Å². The lowest BCUT2D eigenvalue weighted by molar-refractivity contribution is 1.07. The van der Waals surface area contributed by atoms with Crippen molar-refractivity contribution in [1.29, 1.82) is 5.26 Å². The average molecular weight is 624 g/mol. The third kappa shape index (κ3) is 4.15. The van der Waals surface area contributed by atoms with Crippen LogP contribution in [0.1, 0.15) is 5.56 Å². The molecule has 9 aromatic rings. The Morgan fingerprint density at radius 1 is 0.469 bits per heavy atom. The molecule has 49 heavy (non-hydrogen) atoms. The molecule has 0 N–H and O–H groups in total. The summed E-state index contributed by atoms with van der Waals surface area (Å²) in [6.07, 6.45) is 0. The fourth-order valence-electron chi connectivity index (χ4n) is 7.44. The summed E-state index contributed by atoms with van der Waals surface area (Å²) in [6, 6.07) is 54.5. The predicted molar refractivity (Wildman–Crippen MR) is 197 cm³/mol. The summed E-state index contributed by atoms with van der Waals surface area (Å²) in [5.74, 6) is 1.73. The maximum absolute atomic E-state index is 9.35. The summed E-state index contributed by atoms with van der Waals surface area (Å²) in [5, 5.41) is 14.4. The minimum atomic E-state index is 0.555. The van der Waals surface area contributed by atoms with Gasteiger partial charge in [-0.1, -0.05) is 103 Å². The van der Waals surface area contributed by atoms with Gasteiger partial charge in [-0.05, 0) is 76.0 Å². The Bertz CT molecular complexity index is 2820. The molecule has 10 rings (SSSR count). The van der Waals surface area contributed by atoms with Gasteiger partial charge in [0.05, 0.1) is 22.7 Å². The normalized spacial score (nSPS) is 11.7. The fourth-order valence-corrected chi connectivity index (χ4v) is 7.44. The highest BCUT2D eigenvalue weighted by Gasteiger charge is 2.26. The van der Waals surface area contributed by atoms with Crippen molar-refractivity contribution in [3.63, 3.8) is 0 Å². The molecule has 5 nitrogen and oxygen atoms in total. The average Bonchev–Trinajstić information content (AvgIpc) is 3.69. The molecule has 1 aliphatic rings. The number of benzene rings is 7. The molecule has 0 saturated carbocycles. The van der Waals surface area contributed by atoms with Crippen molar-refractivity contribution in [1.82, 2.24) is 19.5 Å². The number of nitriles is 1. The minimum absolute atomic E-state index is 0.555. The molecule has 226 valence electrons. The van der Waals surface area contributed by atoms with Crippen molar-refractivity contribution in [3.05, 3.63) is 157 Å². The van der Waals surface area contributed by atoms with Gasteiger partial charge in [0.1, 0.15) is 0 Å².